The molecular formula is C20H19BrN2O3. The highest BCUT2D eigenvalue weighted by Gasteiger charge is 2.10. The third kappa shape index (κ3) is 4.52. The lowest BCUT2D eigenvalue weighted by molar-refractivity contribution is -0.147. The quantitative estimate of drug-likeness (QED) is 0.588. The topological polar surface area (TPSA) is 71.2 Å². The number of aromatic nitrogens is 1. The van der Waals surface area contributed by atoms with Crippen molar-refractivity contribution in [3.8, 4) is 0 Å². The Morgan fingerprint density at radius 1 is 1.19 bits per heavy atom. The minimum absolute atomic E-state index is 0.229. The fourth-order valence-electron chi connectivity index (χ4n) is 2.71. The van der Waals surface area contributed by atoms with E-state index in [2.05, 4.69) is 26.2 Å². The van der Waals surface area contributed by atoms with Gasteiger partial charge in [-0.1, -0.05) is 34.1 Å². The number of nitrogens with one attached hydrogen (secondary N) is 2. The molecule has 2 aromatic carbocycles. The van der Waals surface area contributed by atoms with Crippen LogP contribution in [-0.4, -0.2) is 23.5 Å². The summed E-state index contributed by atoms with van der Waals surface area (Å²) < 4.78 is 6.04. The van der Waals surface area contributed by atoms with Crippen LogP contribution in [0.3, 0.4) is 0 Å². The number of aromatic amines is 1. The number of ether oxygens (including phenoxy) is 1. The highest BCUT2D eigenvalue weighted by molar-refractivity contribution is 9.10. The molecule has 1 amide bonds. The largest absolute Gasteiger partial charge is 0.456 e. The molecule has 1 heterocycles. The molecule has 0 radical (unpaired) electrons. The second kappa shape index (κ2) is 8.19. The lowest BCUT2D eigenvalue weighted by atomic mass is 10.1. The first-order valence-electron chi connectivity index (χ1n) is 8.29. The second-order valence-corrected chi connectivity index (χ2v) is 6.89. The standard InChI is InChI=1S/C20H19BrN2O3/c1-13-10-15(7-8-17(13)21)23-19(24)12-26-20(25)9-6-14-11-22-18-5-3-2-4-16(14)18/h2-5,7-8,10-11,22H,6,9,12H2,1H3,(H,23,24). The number of aryl methyl sites for hydroxylation is 2. The number of benzene rings is 2. The Kier molecular flexibility index (Phi) is 5.73. The lowest BCUT2D eigenvalue weighted by Crippen LogP contribution is -2.21. The Bertz CT molecular complexity index is 949. The van der Waals surface area contributed by atoms with Crippen LogP contribution in [0.1, 0.15) is 17.5 Å². The van der Waals surface area contributed by atoms with E-state index in [1.807, 2.05) is 49.5 Å². The fourth-order valence-corrected chi connectivity index (χ4v) is 2.96. The van der Waals surface area contributed by atoms with Crippen molar-refractivity contribution in [1.29, 1.82) is 0 Å². The average molecular weight is 415 g/mol. The number of esters is 1. The Balaban J connectivity index is 1.46. The summed E-state index contributed by atoms with van der Waals surface area (Å²) in [6, 6.07) is 13.4. The van der Waals surface area contributed by atoms with Gasteiger partial charge >= 0.3 is 5.97 Å². The molecule has 5 nitrogen and oxygen atoms in total. The van der Waals surface area contributed by atoms with E-state index >= 15 is 0 Å². The highest BCUT2D eigenvalue weighted by atomic mass is 79.9. The van der Waals surface area contributed by atoms with Gasteiger partial charge in [-0.25, -0.2) is 0 Å². The van der Waals surface area contributed by atoms with E-state index < -0.39 is 5.97 Å². The van der Waals surface area contributed by atoms with E-state index in [0.29, 0.717) is 12.1 Å². The zero-order valence-corrected chi connectivity index (χ0v) is 15.9. The number of hydrogen-bond donors (Lipinski definition) is 2. The molecule has 134 valence electrons. The fraction of sp³-hybridized carbons (Fsp3) is 0.200. The molecule has 0 spiro atoms. The molecule has 1 aromatic heterocycles. The third-order valence-corrected chi connectivity index (χ3v) is 4.97. The van der Waals surface area contributed by atoms with Gasteiger partial charge in [0.15, 0.2) is 6.61 Å². The molecule has 0 aliphatic carbocycles. The molecule has 2 N–H and O–H groups in total. The highest BCUT2D eigenvalue weighted by Crippen LogP contribution is 2.20. The molecule has 26 heavy (non-hydrogen) atoms. The number of fused-ring (bicyclic) bond motifs is 1. The van der Waals surface area contributed by atoms with E-state index in [9.17, 15) is 9.59 Å². The first kappa shape index (κ1) is 18.2. The molecule has 0 aliphatic rings. The number of para-hydroxylation sites is 1. The predicted octanol–water partition coefficient (Wildman–Crippen LogP) is 4.35. The number of carbonyl (C=O) groups excluding carboxylic acids is 2. The van der Waals surface area contributed by atoms with E-state index in [1.54, 1.807) is 6.07 Å². The van der Waals surface area contributed by atoms with Crippen molar-refractivity contribution in [3.63, 3.8) is 0 Å². The minimum atomic E-state index is -0.391. The van der Waals surface area contributed by atoms with Crippen LogP contribution < -0.4 is 5.32 Å². The van der Waals surface area contributed by atoms with Crippen LogP contribution in [0.25, 0.3) is 10.9 Å². The number of carbonyl (C=O) groups is 2. The molecule has 6 heteroatoms. The Hall–Kier alpha value is -2.60. The van der Waals surface area contributed by atoms with Crippen LogP contribution >= 0.6 is 15.9 Å². The van der Waals surface area contributed by atoms with E-state index in [1.165, 1.54) is 0 Å². The summed E-state index contributed by atoms with van der Waals surface area (Å²) in [4.78, 5) is 27.0. The van der Waals surface area contributed by atoms with Gasteiger partial charge in [0.05, 0.1) is 0 Å². The molecule has 0 saturated heterocycles. The van der Waals surface area contributed by atoms with Crippen LogP contribution in [-0.2, 0) is 20.7 Å². The molecule has 3 aromatic rings. The van der Waals surface area contributed by atoms with Gasteiger partial charge in [-0.05, 0) is 48.7 Å². The van der Waals surface area contributed by atoms with E-state index in [0.717, 1.165) is 26.5 Å². The normalized spacial score (nSPS) is 10.7. The predicted molar refractivity (Wildman–Crippen MR) is 105 cm³/mol. The van der Waals surface area contributed by atoms with Crippen molar-refractivity contribution >= 4 is 44.4 Å². The van der Waals surface area contributed by atoms with Crippen molar-refractivity contribution in [3.05, 3.63) is 64.3 Å². The molecule has 0 saturated carbocycles. The van der Waals surface area contributed by atoms with E-state index in [-0.39, 0.29) is 18.9 Å². The van der Waals surface area contributed by atoms with Gasteiger partial charge in [0.2, 0.25) is 0 Å². The average Bonchev–Trinajstić information content (AvgIpc) is 3.04. The maximum Gasteiger partial charge on any atom is 0.306 e. The summed E-state index contributed by atoms with van der Waals surface area (Å²) >= 11 is 3.41. The van der Waals surface area contributed by atoms with Gasteiger partial charge in [-0.3, -0.25) is 9.59 Å². The van der Waals surface area contributed by atoms with Gasteiger partial charge in [0.25, 0.3) is 5.91 Å². The lowest BCUT2D eigenvalue weighted by Gasteiger charge is -2.08. The first-order valence-corrected chi connectivity index (χ1v) is 9.09. The zero-order chi connectivity index (χ0) is 18.5. The molecular weight excluding hydrogens is 396 g/mol. The summed E-state index contributed by atoms with van der Waals surface area (Å²) in [6.45, 7) is 1.65. The van der Waals surface area contributed by atoms with Crippen molar-refractivity contribution in [2.24, 2.45) is 0 Å². The number of hydrogen-bond acceptors (Lipinski definition) is 3. The summed E-state index contributed by atoms with van der Waals surface area (Å²) in [5.41, 5.74) is 3.79. The molecule has 0 unspecified atom stereocenters. The Morgan fingerprint density at radius 2 is 2.00 bits per heavy atom. The van der Waals surface area contributed by atoms with Crippen LogP contribution in [0.15, 0.2) is 53.1 Å². The first-order chi connectivity index (χ1) is 12.5. The molecule has 0 atom stereocenters. The summed E-state index contributed by atoms with van der Waals surface area (Å²) in [7, 11) is 0. The van der Waals surface area contributed by atoms with Crippen molar-refractivity contribution in [2.75, 3.05) is 11.9 Å². The number of anilines is 1. The Labute approximate surface area is 159 Å². The molecule has 0 aliphatic heterocycles. The van der Waals surface area contributed by atoms with E-state index in [4.69, 9.17) is 4.74 Å². The van der Waals surface area contributed by atoms with Gasteiger partial charge in [-0.15, -0.1) is 0 Å². The van der Waals surface area contributed by atoms with Crippen molar-refractivity contribution in [2.45, 2.75) is 19.8 Å². The number of halogens is 1. The number of H-pyrrole nitrogens is 1. The molecule has 3 rings (SSSR count). The smallest absolute Gasteiger partial charge is 0.306 e. The van der Waals surface area contributed by atoms with Gasteiger partial charge in [0.1, 0.15) is 0 Å². The van der Waals surface area contributed by atoms with Crippen molar-refractivity contribution < 1.29 is 14.3 Å². The zero-order valence-electron chi connectivity index (χ0n) is 14.3. The van der Waals surface area contributed by atoms with Crippen LogP contribution in [0.5, 0.6) is 0 Å². The van der Waals surface area contributed by atoms with Crippen LogP contribution in [0.4, 0.5) is 5.69 Å². The molecule has 0 fully saturated rings. The number of rotatable bonds is 6. The Morgan fingerprint density at radius 3 is 2.81 bits per heavy atom. The maximum absolute atomic E-state index is 11.9. The second-order valence-electron chi connectivity index (χ2n) is 6.03. The third-order valence-electron chi connectivity index (χ3n) is 4.08. The minimum Gasteiger partial charge on any atom is -0.456 e. The SMILES string of the molecule is Cc1cc(NC(=O)COC(=O)CCc2c[nH]c3ccccc23)ccc1Br. The van der Waals surface area contributed by atoms with Crippen LogP contribution in [0, 0.1) is 6.92 Å². The maximum atomic E-state index is 11.9. The van der Waals surface area contributed by atoms with Gasteiger partial charge < -0.3 is 15.0 Å². The van der Waals surface area contributed by atoms with Crippen molar-refractivity contribution in [1.82, 2.24) is 4.98 Å². The number of amides is 1. The van der Waals surface area contributed by atoms with Gasteiger partial charge in [0, 0.05) is 33.7 Å². The monoisotopic (exact) mass is 414 g/mol. The van der Waals surface area contributed by atoms with Crippen LogP contribution in [0.2, 0.25) is 0 Å². The molecule has 0 bridgehead atoms. The van der Waals surface area contributed by atoms with Gasteiger partial charge in [-0.2, -0.15) is 0 Å². The summed E-state index contributed by atoms with van der Waals surface area (Å²) in [5, 5.41) is 3.82. The summed E-state index contributed by atoms with van der Waals surface area (Å²) in [5.74, 6) is -0.746. The summed E-state index contributed by atoms with van der Waals surface area (Å²) in [6.07, 6.45) is 2.70.